The number of carbonyl (C=O) groups is 1. The fourth-order valence-corrected chi connectivity index (χ4v) is 1.74. The van der Waals surface area contributed by atoms with E-state index in [0.717, 1.165) is 17.0 Å². The Labute approximate surface area is 106 Å². The molecule has 92 valence electrons. The molecule has 0 fully saturated rings. The van der Waals surface area contributed by atoms with Gasteiger partial charge in [0, 0.05) is 11.3 Å². The zero-order chi connectivity index (χ0) is 13.0. The van der Waals surface area contributed by atoms with Gasteiger partial charge in [-0.2, -0.15) is 0 Å². The molecule has 2 rings (SSSR count). The van der Waals surface area contributed by atoms with E-state index in [-0.39, 0.29) is 5.91 Å². The molecule has 0 heterocycles. The zero-order valence-corrected chi connectivity index (χ0v) is 10.4. The molecule has 0 atom stereocenters. The fourth-order valence-electron chi connectivity index (χ4n) is 1.74. The van der Waals surface area contributed by atoms with Crippen molar-refractivity contribution in [2.45, 2.75) is 6.92 Å². The maximum Gasteiger partial charge on any atom is 0.255 e. The van der Waals surface area contributed by atoms with Crippen LogP contribution in [0.3, 0.4) is 0 Å². The zero-order valence-electron chi connectivity index (χ0n) is 10.4. The van der Waals surface area contributed by atoms with E-state index in [1.165, 1.54) is 0 Å². The topological polar surface area (TPSA) is 38.3 Å². The first-order valence-corrected chi connectivity index (χ1v) is 5.72. The van der Waals surface area contributed by atoms with Crippen LogP contribution >= 0.6 is 0 Å². The van der Waals surface area contributed by atoms with E-state index in [4.69, 9.17) is 4.74 Å². The molecule has 0 bridgehead atoms. The molecule has 18 heavy (non-hydrogen) atoms. The summed E-state index contributed by atoms with van der Waals surface area (Å²) in [5, 5.41) is 2.86. The summed E-state index contributed by atoms with van der Waals surface area (Å²) in [4.78, 5) is 12.1. The summed E-state index contributed by atoms with van der Waals surface area (Å²) in [7, 11) is 1.61. The van der Waals surface area contributed by atoms with E-state index < -0.39 is 0 Å². The van der Waals surface area contributed by atoms with Crippen LogP contribution in [0.4, 0.5) is 5.69 Å². The van der Waals surface area contributed by atoms with Crippen LogP contribution in [0.1, 0.15) is 15.9 Å². The molecule has 2 aromatic carbocycles. The van der Waals surface area contributed by atoms with Gasteiger partial charge in [-0.3, -0.25) is 4.79 Å². The number of ether oxygens (including phenoxy) is 1. The van der Waals surface area contributed by atoms with Crippen molar-refractivity contribution in [1.82, 2.24) is 0 Å². The standard InChI is InChI=1S/C15H15NO2/c1-11-10-13(18-2)8-9-14(11)15(17)16-12-6-4-3-5-7-12/h3-10H,1-2H3,(H,16,17). The van der Waals surface area contributed by atoms with Crippen molar-refractivity contribution in [2.75, 3.05) is 12.4 Å². The third kappa shape index (κ3) is 2.69. The number of hydrogen-bond donors (Lipinski definition) is 1. The van der Waals surface area contributed by atoms with E-state index in [9.17, 15) is 4.79 Å². The average Bonchev–Trinajstić information content (AvgIpc) is 2.39. The highest BCUT2D eigenvalue weighted by atomic mass is 16.5. The van der Waals surface area contributed by atoms with Gasteiger partial charge >= 0.3 is 0 Å². The van der Waals surface area contributed by atoms with Gasteiger partial charge in [-0.15, -0.1) is 0 Å². The normalized spacial score (nSPS) is 9.89. The lowest BCUT2D eigenvalue weighted by molar-refractivity contribution is 0.102. The van der Waals surface area contributed by atoms with E-state index in [1.54, 1.807) is 19.2 Å². The Morgan fingerprint density at radius 3 is 2.44 bits per heavy atom. The lowest BCUT2D eigenvalue weighted by Gasteiger charge is -2.09. The first-order valence-electron chi connectivity index (χ1n) is 5.72. The Balaban J connectivity index is 2.19. The van der Waals surface area contributed by atoms with Crippen molar-refractivity contribution in [1.29, 1.82) is 0 Å². The number of benzene rings is 2. The highest BCUT2D eigenvalue weighted by Gasteiger charge is 2.09. The third-order valence-electron chi connectivity index (χ3n) is 2.71. The molecule has 0 aliphatic carbocycles. The second-order valence-corrected chi connectivity index (χ2v) is 4.00. The second kappa shape index (κ2) is 5.36. The highest BCUT2D eigenvalue weighted by molar-refractivity contribution is 6.05. The molecule has 0 aliphatic heterocycles. The number of amides is 1. The highest BCUT2D eigenvalue weighted by Crippen LogP contribution is 2.18. The van der Waals surface area contributed by atoms with Crippen LogP contribution in [0.5, 0.6) is 5.75 Å². The third-order valence-corrected chi connectivity index (χ3v) is 2.71. The molecular formula is C15H15NO2. The minimum Gasteiger partial charge on any atom is -0.497 e. The molecule has 0 radical (unpaired) electrons. The molecule has 2 aromatic rings. The molecule has 0 aliphatic rings. The fraction of sp³-hybridized carbons (Fsp3) is 0.133. The van der Waals surface area contributed by atoms with Crippen LogP contribution in [0, 0.1) is 6.92 Å². The summed E-state index contributed by atoms with van der Waals surface area (Å²) in [5.74, 6) is 0.644. The summed E-state index contributed by atoms with van der Waals surface area (Å²) >= 11 is 0. The molecule has 1 amide bonds. The van der Waals surface area contributed by atoms with Crippen molar-refractivity contribution >= 4 is 11.6 Å². The van der Waals surface area contributed by atoms with E-state index in [1.807, 2.05) is 43.3 Å². The molecule has 0 saturated carbocycles. The molecule has 1 N–H and O–H groups in total. The number of aryl methyl sites for hydroxylation is 1. The SMILES string of the molecule is COc1ccc(C(=O)Nc2ccccc2)c(C)c1. The number of anilines is 1. The van der Waals surface area contributed by atoms with Gasteiger partial charge in [-0.05, 0) is 42.8 Å². The molecule has 3 nitrogen and oxygen atoms in total. The van der Waals surface area contributed by atoms with Crippen molar-refractivity contribution in [2.24, 2.45) is 0 Å². The van der Waals surface area contributed by atoms with E-state index >= 15 is 0 Å². The van der Waals surface area contributed by atoms with Crippen molar-refractivity contribution < 1.29 is 9.53 Å². The number of nitrogens with one attached hydrogen (secondary N) is 1. The van der Waals surface area contributed by atoms with Crippen molar-refractivity contribution in [3.05, 3.63) is 59.7 Å². The summed E-state index contributed by atoms with van der Waals surface area (Å²) in [6, 6.07) is 14.8. The van der Waals surface area contributed by atoms with Crippen LogP contribution < -0.4 is 10.1 Å². The van der Waals surface area contributed by atoms with Crippen LogP contribution in [0.15, 0.2) is 48.5 Å². The lowest BCUT2D eigenvalue weighted by atomic mass is 10.1. The minimum absolute atomic E-state index is 0.110. The van der Waals surface area contributed by atoms with E-state index in [2.05, 4.69) is 5.32 Å². The van der Waals surface area contributed by atoms with Gasteiger partial charge in [0.2, 0.25) is 0 Å². The van der Waals surface area contributed by atoms with Gasteiger partial charge in [0.05, 0.1) is 7.11 Å². The Bertz CT molecular complexity index is 550. The van der Waals surface area contributed by atoms with Gasteiger partial charge in [-0.25, -0.2) is 0 Å². The van der Waals surface area contributed by atoms with Crippen LogP contribution in [-0.2, 0) is 0 Å². The first-order chi connectivity index (χ1) is 8.70. The molecule has 0 aromatic heterocycles. The average molecular weight is 241 g/mol. The minimum atomic E-state index is -0.110. The van der Waals surface area contributed by atoms with Crippen LogP contribution in [0.25, 0.3) is 0 Å². The van der Waals surface area contributed by atoms with E-state index in [0.29, 0.717) is 5.56 Å². The molecule has 0 saturated heterocycles. The first kappa shape index (κ1) is 12.2. The van der Waals surface area contributed by atoms with Crippen molar-refractivity contribution in [3.8, 4) is 5.75 Å². The molecule has 0 unspecified atom stereocenters. The predicted molar refractivity (Wildman–Crippen MR) is 72.1 cm³/mol. The smallest absolute Gasteiger partial charge is 0.255 e. The maximum atomic E-state index is 12.1. The number of rotatable bonds is 3. The van der Waals surface area contributed by atoms with Gasteiger partial charge in [0.25, 0.3) is 5.91 Å². The molecule has 0 spiro atoms. The largest absolute Gasteiger partial charge is 0.497 e. The van der Waals surface area contributed by atoms with Gasteiger partial charge < -0.3 is 10.1 Å². The number of para-hydroxylation sites is 1. The summed E-state index contributed by atoms with van der Waals surface area (Å²) < 4.78 is 5.12. The Kier molecular flexibility index (Phi) is 3.63. The molecule has 3 heteroatoms. The Hall–Kier alpha value is -2.29. The lowest BCUT2D eigenvalue weighted by Crippen LogP contribution is -2.13. The summed E-state index contributed by atoms with van der Waals surface area (Å²) in [6.45, 7) is 1.89. The number of methoxy groups -OCH3 is 1. The van der Waals surface area contributed by atoms with Gasteiger partial charge in [0.15, 0.2) is 0 Å². The van der Waals surface area contributed by atoms with Crippen LogP contribution in [-0.4, -0.2) is 13.0 Å². The Morgan fingerprint density at radius 1 is 1.11 bits per heavy atom. The summed E-state index contributed by atoms with van der Waals surface area (Å²) in [6.07, 6.45) is 0. The molecular weight excluding hydrogens is 226 g/mol. The maximum absolute atomic E-state index is 12.1. The number of hydrogen-bond acceptors (Lipinski definition) is 2. The second-order valence-electron chi connectivity index (χ2n) is 4.00. The quantitative estimate of drug-likeness (QED) is 0.895. The predicted octanol–water partition coefficient (Wildman–Crippen LogP) is 3.26. The Morgan fingerprint density at radius 2 is 1.83 bits per heavy atom. The number of carbonyl (C=O) groups excluding carboxylic acids is 1. The van der Waals surface area contributed by atoms with Gasteiger partial charge in [0.1, 0.15) is 5.75 Å². The van der Waals surface area contributed by atoms with Crippen LogP contribution in [0.2, 0.25) is 0 Å². The summed E-state index contributed by atoms with van der Waals surface area (Å²) in [5.41, 5.74) is 2.33. The van der Waals surface area contributed by atoms with Crippen molar-refractivity contribution in [3.63, 3.8) is 0 Å². The van der Waals surface area contributed by atoms with Gasteiger partial charge in [-0.1, -0.05) is 18.2 Å². The monoisotopic (exact) mass is 241 g/mol.